The van der Waals surface area contributed by atoms with E-state index in [0.717, 1.165) is 0 Å². The maximum absolute atomic E-state index is 12.8. The van der Waals surface area contributed by atoms with Gasteiger partial charge < -0.3 is 14.2 Å². The van der Waals surface area contributed by atoms with Crippen LogP contribution >= 0.6 is 0 Å². The summed E-state index contributed by atoms with van der Waals surface area (Å²) in [7, 11) is 1.19. The highest BCUT2D eigenvalue weighted by molar-refractivity contribution is 6.30. The van der Waals surface area contributed by atoms with Gasteiger partial charge >= 0.3 is 5.97 Å². The molecule has 3 aliphatic heterocycles. The van der Waals surface area contributed by atoms with Crippen molar-refractivity contribution in [2.75, 3.05) is 13.7 Å². The third kappa shape index (κ3) is 1.43. The maximum Gasteiger partial charge on any atom is 0.342 e. The quantitative estimate of drug-likeness (QED) is 0.381. The lowest BCUT2D eigenvalue weighted by atomic mass is 9.89. The number of ketones is 1. The molecule has 21 heavy (non-hydrogen) atoms. The molecule has 3 rings (SSSR count). The molecule has 0 radical (unpaired) electrons. The van der Waals surface area contributed by atoms with Crippen molar-refractivity contribution < 1.29 is 28.6 Å². The summed E-state index contributed by atoms with van der Waals surface area (Å²) in [4.78, 5) is 39.1. The van der Waals surface area contributed by atoms with Crippen LogP contribution in [-0.4, -0.2) is 59.7 Å². The van der Waals surface area contributed by atoms with E-state index in [9.17, 15) is 14.4 Å². The summed E-state index contributed by atoms with van der Waals surface area (Å²) in [6.07, 6.45) is -1.20. The molecule has 0 bridgehead atoms. The summed E-state index contributed by atoms with van der Waals surface area (Å²) in [5, 5.41) is 0. The van der Waals surface area contributed by atoms with Crippen LogP contribution in [0.25, 0.3) is 0 Å². The zero-order chi connectivity index (χ0) is 15.8. The molecule has 3 saturated heterocycles. The minimum absolute atomic E-state index is 0.190. The molecule has 0 aromatic heterocycles. The number of esters is 1. The number of amides is 1. The van der Waals surface area contributed by atoms with Gasteiger partial charge in [-0.2, -0.15) is 0 Å². The number of Topliss-reactive ketones (excluding diaryl/α,β-unsaturated/α-hetero) is 1. The number of methoxy groups -OCH3 is 1. The third-order valence-electron chi connectivity index (χ3n) is 4.49. The van der Waals surface area contributed by atoms with Gasteiger partial charge in [-0.25, -0.2) is 4.79 Å². The van der Waals surface area contributed by atoms with Crippen LogP contribution in [0, 0.1) is 5.41 Å². The van der Waals surface area contributed by atoms with Crippen molar-refractivity contribution in [2.24, 2.45) is 5.41 Å². The lowest BCUT2D eigenvalue weighted by Gasteiger charge is -2.35. The molecule has 0 aliphatic carbocycles. The highest BCUT2D eigenvalue weighted by atomic mass is 16.6. The van der Waals surface area contributed by atoms with Crippen LogP contribution in [0.15, 0.2) is 0 Å². The third-order valence-corrected chi connectivity index (χ3v) is 4.49. The minimum atomic E-state index is -1.71. The highest BCUT2D eigenvalue weighted by Crippen LogP contribution is 2.54. The van der Waals surface area contributed by atoms with Crippen LogP contribution in [0.5, 0.6) is 0 Å². The average Bonchev–Trinajstić information content (AvgIpc) is 2.85. The molecule has 0 N–H and O–H groups in total. The predicted octanol–water partition coefficient (Wildman–Crippen LogP) is -0.131. The Balaban J connectivity index is 2.14. The van der Waals surface area contributed by atoms with Gasteiger partial charge in [0.2, 0.25) is 16.9 Å². The largest absolute Gasteiger partial charge is 0.467 e. The van der Waals surface area contributed by atoms with E-state index in [4.69, 9.17) is 14.2 Å². The van der Waals surface area contributed by atoms with Crippen LogP contribution in [0.4, 0.5) is 0 Å². The number of hydrogen-bond acceptors (Lipinski definition) is 6. The Labute approximate surface area is 122 Å². The van der Waals surface area contributed by atoms with Gasteiger partial charge in [0.05, 0.1) is 13.7 Å². The Bertz CT molecular complexity index is 552. The zero-order valence-electron chi connectivity index (χ0n) is 12.8. The Morgan fingerprint density at radius 3 is 2.38 bits per heavy atom. The first kappa shape index (κ1) is 14.5. The van der Waals surface area contributed by atoms with Gasteiger partial charge in [-0.1, -0.05) is 20.8 Å². The van der Waals surface area contributed by atoms with Crippen LogP contribution < -0.4 is 0 Å². The molecule has 3 aliphatic rings. The lowest BCUT2D eigenvalue weighted by molar-refractivity contribution is -0.160. The van der Waals surface area contributed by atoms with Gasteiger partial charge in [0, 0.05) is 5.41 Å². The Morgan fingerprint density at radius 2 is 1.95 bits per heavy atom. The fourth-order valence-electron chi connectivity index (χ4n) is 3.35. The van der Waals surface area contributed by atoms with E-state index in [1.54, 1.807) is 6.92 Å². The summed E-state index contributed by atoms with van der Waals surface area (Å²) in [6, 6.07) is 0. The number of carbonyl (C=O) groups is 3. The van der Waals surface area contributed by atoms with Gasteiger partial charge in [-0.15, -0.1) is 0 Å². The molecule has 116 valence electrons. The standard InChI is InChI=1S/C14H19NO6/c1-7-14(21-7)8(16)13(11(18)19-5)6-20-10(12(2,3)4)15(13)9(14)17/h7,10H,6H2,1-5H3/t7?,10-,13-,14?/m1/s1. The summed E-state index contributed by atoms with van der Waals surface area (Å²) >= 11 is 0. The number of carbonyl (C=O) groups excluding carboxylic acids is 3. The van der Waals surface area contributed by atoms with E-state index in [2.05, 4.69) is 0 Å². The fraction of sp³-hybridized carbons (Fsp3) is 0.786. The number of hydrogen-bond donors (Lipinski definition) is 0. The molecule has 4 atom stereocenters. The molecular weight excluding hydrogens is 278 g/mol. The van der Waals surface area contributed by atoms with Gasteiger partial charge in [-0.3, -0.25) is 14.5 Å². The van der Waals surface area contributed by atoms with E-state index >= 15 is 0 Å². The zero-order valence-corrected chi connectivity index (χ0v) is 12.8. The number of ether oxygens (including phenoxy) is 3. The second-order valence-corrected chi connectivity index (χ2v) is 6.88. The van der Waals surface area contributed by atoms with Crippen LogP contribution in [0.3, 0.4) is 0 Å². The van der Waals surface area contributed by atoms with Crippen molar-refractivity contribution in [1.82, 2.24) is 4.90 Å². The predicted molar refractivity (Wildman–Crippen MR) is 69.1 cm³/mol. The van der Waals surface area contributed by atoms with E-state index in [1.807, 2.05) is 20.8 Å². The van der Waals surface area contributed by atoms with Crippen molar-refractivity contribution >= 4 is 17.7 Å². The molecule has 0 saturated carbocycles. The maximum atomic E-state index is 12.8. The van der Waals surface area contributed by atoms with E-state index in [-0.39, 0.29) is 6.61 Å². The Morgan fingerprint density at radius 1 is 1.38 bits per heavy atom. The van der Waals surface area contributed by atoms with Crippen LogP contribution in [0.2, 0.25) is 0 Å². The van der Waals surface area contributed by atoms with Gasteiger partial charge in [-0.05, 0) is 6.92 Å². The number of rotatable bonds is 1. The monoisotopic (exact) mass is 297 g/mol. The van der Waals surface area contributed by atoms with Crippen molar-refractivity contribution in [3.05, 3.63) is 0 Å². The normalized spacial score (nSPS) is 41.7. The topological polar surface area (TPSA) is 85.4 Å². The molecule has 7 nitrogen and oxygen atoms in total. The molecule has 3 fully saturated rings. The Kier molecular flexibility index (Phi) is 2.64. The van der Waals surface area contributed by atoms with Gasteiger partial charge in [0.1, 0.15) is 12.3 Å². The molecule has 2 unspecified atom stereocenters. The number of fused-ring (bicyclic) bond motifs is 1. The van der Waals surface area contributed by atoms with E-state index < -0.39 is 46.5 Å². The molecule has 7 heteroatoms. The van der Waals surface area contributed by atoms with Crippen molar-refractivity contribution in [2.45, 2.75) is 51.2 Å². The summed E-state index contributed by atoms with van der Waals surface area (Å²) < 4.78 is 15.7. The molecular formula is C14H19NO6. The van der Waals surface area contributed by atoms with Crippen LogP contribution in [0.1, 0.15) is 27.7 Å². The second kappa shape index (κ2) is 3.84. The molecule has 0 aromatic rings. The van der Waals surface area contributed by atoms with Gasteiger partial charge in [0.15, 0.2) is 0 Å². The first-order chi connectivity index (χ1) is 9.64. The summed E-state index contributed by atoms with van der Waals surface area (Å²) in [6.45, 7) is 7.10. The molecule has 1 spiro atoms. The summed E-state index contributed by atoms with van der Waals surface area (Å²) in [5.74, 6) is -1.83. The average molecular weight is 297 g/mol. The lowest BCUT2D eigenvalue weighted by Crippen LogP contribution is -2.58. The van der Waals surface area contributed by atoms with Crippen molar-refractivity contribution in [1.29, 1.82) is 0 Å². The molecule has 3 heterocycles. The number of epoxide rings is 1. The minimum Gasteiger partial charge on any atom is -0.467 e. The smallest absolute Gasteiger partial charge is 0.342 e. The highest BCUT2D eigenvalue weighted by Gasteiger charge is 2.84. The fourth-order valence-corrected chi connectivity index (χ4v) is 3.35. The molecule has 0 aromatic carbocycles. The first-order valence-electron chi connectivity index (χ1n) is 6.90. The van der Waals surface area contributed by atoms with Crippen LogP contribution in [-0.2, 0) is 28.6 Å². The molecule has 1 amide bonds. The Hall–Kier alpha value is -1.47. The van der Waals surface area contributed by atoms with E-state index in [1.165, 1.54) is 12.0 Å². The summed E-state index contributed by atoms with van der Waals surface area (Å²) in [5.41, 5.74) is -3.69. The second-order valence-electron chi connectivity index (χ2n) is 6.88. The van der Waals surface area contributed by atoms with E-state index in [0.29, 0.717) is 0 Å². The van der Waals surface area contributed by atoms with Gasteiger partial charge in [0.25, 0.3) is 5.91 Å². The number of nitrogens with zero attached hydrogens (tertiary/aromatic N) is 1. The van der Waals surface area contributed by atoms with Crippen molar-refractivity contribution in [3.8, 4) is 0 Å². The van der Waals surface area contributed by atoms with Crippen molar-refractivity contribution in [3.63, 3.8) is 0 Å². The SMILES string of the molecule is COC(=O)[C@]12CO[C@H](C(C)(C)C)N1C(=O)C1(OC1C)C2=O. The first-order valence-corrected chi connectivity index (χ1v) is 6.90.